The van der Waals surface area contributed by atoms with Gasteiger partial charge in [0.05, 0.1) is 22.8 Å². The summed E-state index contributed by atoms with van der Waals surface area (Å²) in [7, 11) is 7.68. The van der Waals surface area contributed by atoms with Gasteiger partial charge in [-0.05, 0) is 69.5 Å². The van der Waals surface area contributed by atoms with Gasteiger partial charge in [-0.2, -0.15) is 0 Å². The maximum absolute atomic E-state index is 13.8. The van der Waals surface area contributed by atoms with Gasteiger partial charge in [-0.25, -0.2) is 8.78 Å². The van der Waals surface area contributed by atoms with Crippen molar-refractivity contribution < 1.29 is 13.6 Å². The SMILES string of the molecule is Cc1c(C(F)F)cccc1[C@@H](C)NC(=O)c1cn(C2(C(P)P)CC2)c(=O)cc1N[C@@H]1[C@@H]2CC[C@H]1CN(C)C2. The van der Waals surface area contributed by atoms with Crippen LogP contribution in [0, 0.1) is 18.8 Å². The van der Waals surface area contributed by atoms with E-state index >= 15 is 0 Å². The number of carbonyl (C=O) groups excluding carboxylic acids is 1. The molecular weight excluding hydrogens is 524 g/mol. The van der Waals surface area contributed by atoms with Crippen molar-refractivity contribution in [3.8, 4) is 0 Å². The standard InChI is InChI=1S/C28H38F2N4O2P2/c1-15-19(5-4-6-20(15)25(29)30)16(2)31-26(36)21-14-34(28(9-10-28)27(37)38)23(35)11-22(21)32-24-17-7-8-18(24)13-33(3)12-17/h4-6,11,14,16-18,24-25,27,32H,7-10,12-13,37-38H2,1-3H3,(H,31,36)/t16-,17-,18+,24-/m1/s1. The van der Waals surface area contributed by atoms with Gasteiger partial charge in [0.1, 0.15) is 0 Å². The van der Waals surface area contributed by atoms with E-state index in [-0.39, 0.29) is 34.0 Å². The van der Waals surface area contributed by atoms with Crippen LogP contribution in [0.1, 0.15) is 72.1 Å². The number of aromatic nitrogens is 1. The Labute approximate surface area is 227 Å². The second-order valence-electron chi connectivity index (χ2n) is 11.5. The number of carbonyl (C=O) groups is 1. The molecule has 2 heterocycles. The van der Waals surface area contributed by atoms with Crippen molar-refractivity contribution in [3.63, 3.8) is 0 Å². The molecule has 2 aromatic rings. The number of nitrogens with zero attached hydrogens (tertiary/aromatic N) is 2. The van der Waals surface area contributed by atoms with Crippen LogP contribution >= 0.6 is 18.5 Å². The average Bonchev–Trinajstić information content (AvgIpc) is 3.62. The van der Waals surface area contributed by atoms with Crippen molar-refractivity contribution in [1.82, 2.24) is 14.8 Å². The summed E-state index contributed by atoms with van der Waals surface area (Å²) in [6, 6.07) is 6.10. The number of hydrogen-bond acceptors (Lipinski definition) is 4. The Morgan fingerprint density at radius 1 is 1.13 bits per heavy atom. The number of rotatable bonds is 8. The molecule has 2 unspecified atom stereocenters. The third-order valence-corrected chi connectivity index (χ3v) is 10.2. The van der Waals surface area contributed by atoms with E-state index in [9.17, 15) is 18.4 Å². The molecule has 1 aliphatic heterocycles. The van der Waals surface area contributed by atoms with E-state index in [1.807, 2.05) is 0 Å². The molecule has 1 saturated heterocycles. The predicted octanol–water partition coefficient (Wildman–Crippen LogP) is 4.90. The van der Waals surface area contributed by atoms with Gasteiger partial charge >= 0.3 is 0 Å². The molecule has 0 spiro atoms. The highest BCUT2D eigenvalue weighted by Gasteiger charge is 2.49. The Hall–Kier alpha value is -1.88. The number of anilines is 1. The average molecular weight is 563 g/mol. The number of halogens is 2. The molecule has 1 aromatic carbocycles. The maximum atomic E-state index is 13.8. The molecular formula is C28H38F2N4O2P2. The molecule has 2 aliphatic carbocycles. The first-order valence-electron chi connectivity index (χ1n) is 13.4. The molecule has 38 heavy (non-hydrogen) atoms. The van der Waals surface area contributed by atoms with Gasteiger partial charge in [0, 0.05) is 42.4 Å². The van der Waals surface area contributed by atoms with Gasteiger partial charge in [-0.1, -0.05) is 18.2 Å². The van der Waals surface area contributed by atoms with Gasteiger partial charge in [0.25, 0.3) is 17.9 Å². The van der Waals surface area contributed by atoms with E-state index < -0.39 is 12.5 Å². The molecule has 206 valence electrons. The minimum Gasteiger partial charge on any atom is -0.381 e. The molecule has 0 radical (unpaired) electrons. The van der Waals surface area contributed by atoms with E-state index in [0.717, 1.165) is 38.8 Å². The molecule has 1 amide bonds. The lowest BCUT2D eigenvalue weighted by Gasteiger charge is -2.37. The highest BCUT2D eigenvalue weighted by atomic mass is 31.1. The van der Waals surface area contributed by atoms with E-state index in [1.54, 1.807) is 42.8 Å². The summed E-state index contributed by atoms with van der Waals surface area (Å²) >= 11 is 0. The Morgan fingerprint density at radius 3 is 2.34 bits per heavy atom. The van der Waals surface area contributed by atoms with Crippen LogP contribution in [0.25, 0.3) is 0 Å². The smallest absolute Gasteiger partial charge is 0.264 e. The summed E-state index contributed by atoms with van der Waals surface area (Å²) in [5, 5.41) is 6.75. The molecule has 1 aromatic heterocycles. The Balaban J connectivity index is 1.49. The largest absolute Gasteiger partial charge is 0.381 e. The van der Waals surface area contributed by atoms with Crippen LogP contribution in [0.2, 0.25) is 0 Å². The van der Waals surface area contributed by atoms with E-state index in [2.05, 4.69) is 41.1 Å². The highest BCUT2D eigenvalue weighted by Crippen LogP contribution is 2.51. The second kappa shape index (κ2) is 10.6. The van der Waals surface area contributed by atoms with Crippen molar-refractivity contribution in [2.75, 3.05) is 25.5 Å². The molecule has 3 aliphatic rings. The third-order valence-electron chi connectivity index (χ3n) is 8.97. The van der Waals surface area contributed by atoms with Crippen molar-refractivity contribution >= 4 is 30.1 Å². The topological polar surface area (TPSA) is 66.4 Å². The summed E-state index contributed by atoms with van der Waals surface area (Å²) in [5.41, 5.74) is 1.62. The Bertz CT molecular complexity index is 1270. The van der Waals surface area contributed by atoms with Gasteiger partial charge in [-0.3, -0.25) is 9.59 Å². The van der Waals surface area contributed by atoms with Crippen LogP contribution < -0.4 is 16.2 Å². The number of hydrogen-bond donors (Lipinski definition) is 2. The lowest BCUT2D eigenvalue weighted by atomic mass is 9.92. The lowest BCUT2D eigenvalue weighted by molar-refractivity contribution is 0.0939. The lowest BCUT2D eigenvalue weighted by Crippen LogP contribution is -2.47. The molecule has 10 heteroatoms. The maximum Gasteiger partial charge on any atom is 0.264 e. The number of likely N-dealkylation sites (tertiary alicyclic amines) is 1. The fraction of sp³-hybridized carbons (Fsp3) is 0.571. The zero-order valence-corrected chi connectivity index (χ0v) is 24.5. The summed E-state index contributed by atoms with van der Waals surface area (Å²) in [4.78, 5) is 29.5. The molecule has 6 nitrogen and oxygen atoms in total. The number of alkyl halides is 2. The van der Waals surface area contributed by atoms with Gasteiger partial charge in [-0.15, -0.1) is 18.5 Å². The van der Waals surface area contributed by atoms with E-state index in [0.29, 0.717) is 34.2 Å². The van der Waals surface area contributed by atoms with E-state index in [1.165, 1.54) is 6.07 Å². The van der Waals surface area contributed by atoms with Crippen LogP contribution in [-0.4, -0.2) is 47.0 Å². The van der Waals surface area contributed by atoms with Crippen LogP contribution in [0.4, 0.5) is 14.5 Å². The van der Waals surface area contributed by atoms with Gasteiger partial charge in [0.15, 0.2) is 0 Å². The molecule has 2 N–H and O–H groups in total. The van der Waals surface area contributed by atoms with E-state index in [4.69, 9.17) is 0 Å². The van der Waals surface area contributed by atoms with Gasteiger partial charge < -0.3 is 20.1 Å². The van der Waals surface area contributed by atoms with Gasteiger partial charge in [0.2, 0.25) is 0 Å². The Morgan fingerprint density at radius 2 is 1.76 bits per heavy atom. The van der Waals surface area contributed by atoms with Crippen molar-refractivity contribution in [2.24, 2.45) is 11.8 Å². The molecule has 3 fully saturated rings. The van der Waals surface area contributed by atoms with Crippen molar-refractivity contribution in [1.29, 1.82) is 0 Å². The zero-order valence-electron chi connectivity index (χ0n) is 22.2. The minimum absolute atomic E-state index is 0.0279. The predicted molar refractivity (Wildman–Crippen MR) is 154 cm³/mol. The fourth-order valence-electron chi connectivity index (χ4n) is 6.65. The normalized spacial score (nSPS) is 25.0. The summed E-state index contributed by atoms with van der Waals surface area (Å²) in [6.45, 7) is 5.46. The first-order chi connectivity index (χ1) is 18.0. The monoisotopic (exact) mass is 562 g/mol. The first kappa shape index (κ1) is 27.7. The number of piperidine rings is 1. The summed E-state index contributed by atoms with van der Waals surface area (Å²) in [5.74, 6) is 0.610. The van der Waals surface area contributed by atoms with Crippen LogP contribution in [0.5, 0.6) is 0 Å². The molecule has 5 rings (SSSR count). The van der Waals surface area contributed by atoms with Crippen LogP contribution in [-0.2, 0) is 5.54 Å². The summed E-state index contributed by atoms with van der Waals surface area (Å²) < 4.78 is 28.7. The number of amides is 1. The summed E-state index contributed by atoms with van der Waals surface area (Å²) in [6.07, 6.45) is 3.13. The molecule has 6 atom stereocenters. The number of pyridine rings is 1. The quantitative estimate of drug-likeness (QED) is 0.450. The molecule has 2 bridgehead atoms. The fourth-order valence-corrected chi connectivity index (χ4v) is 7.63. The Kier molecular flexibility index (Phi) is 7.72. The zero-order chi connectivity index (χ0) is 27.4. The number of benzene rings is 1. The number of fused-ring (bicyclic) bond motifs is 2. The molecule has 2 saturated carbocycles. The second-order valence-corrected chi connectivity index (χ2v) is 13.7. The minimum atomic E-state index is -2.58. The third kappa shape index (κ3) is 5.05. The number of nitrogens with one attached hydrogen (secondary N) is 2. The van der Waals surface area contributed by atoms with Crippen LogP contribution in [0.15, 0.2) is 35.3 Å². The first-order valence-corrected chi connectivity index (χ1v) is 14.8. The van der Waals surface area contributed by atoms with Crippen LogP contribution in [0.3, 0.4) is 0 Å². The highest BCUT2D eigenvalue weighted by molar-refractivity contribution is 7.38. The van der Waals surface area contributed by atoms with Crippen molar-refractivity contribution in [2.45, 2.75) is 69.0 Å². The van der Waals surface area contributed by atoms with Crippen molar-refractivity contribution in [3.05, 3.63) is 63.1 Å².